The summed E-state index contributed by atoms with van der Waals surface area (Å²) in [7, 11) is -4.36. The van der Waals surface area contributed by atoms with Crippen molar-refractivity contribution in [2.75, 3.05) is 18.1 Å². The molecule has 0 aliphatic heterocycles. The van der Waals surface area contributed by atoms with Gasteiger partial charge in [0.1, 0.15) is 17.3 Å². The maximum absolute atomic E-state index is 10.5. The van der Waals surface area contributed by atoms with Crippen molar-refractivity contribution in [2.24, 2.45) is 0 Å². The molecular formula is C31H28N2O6S. The van der Waals surface area contributed by atoms with Gasteiger partial charge in [-0.2, -0.15) is 8.42 Å². The molecule has 0 spiro atoms. The topological polar surface area (TPSA) is 110 Å². The van der Waals surface area contributed by atoms with Crippen molar-refractivity contribution in [3.05, 3.63) is 143 Å². The average Bonchev–Trinajstić information content (AvgIpc) is 2.97. The highest BCUT2D eigenvalue weighted by atomic mass is 32.2. The lowest BCUT2D eigenvalue weighted by Crippen LogP contribution is -2.27. The zero-order valence-electron chi connectivity index (χ0n) is 21.5. The molecule has 5 aromatic rings. The van der Waals surface area contributed by atoms with Crippen LogP contribution in [-0.4, -0.2) is 31.0 Å². The molecule has 0 saturated carbocycles. The summed E-state index contributed by atoms with van der Waals surface area (Å²) in [5.41, 5.74) is 2.13. The molecule has 0 aliphatic rings. The zero-order chi connectivity index (χ0) is 28.4. The van der Waals surface area contributed by atoms with Gasteiger partial charge in [-0.3, -0.25) is 14.7 Å². The number of nitro groups is 1. The fraction of sp³-hybridized carbons (Fsp3) is 0.0968. The molecule has 0 atom stereocenters. The number of hydrogen-bond acceptors (Lipinski definition) is 6. The van der Waals surface area contributed by atoms with Gasteiger partial charge in [0.25, 0.3) is 15.8 Å². The number of rotatable bonds is 9. The molecule has 9 heteroatoms. The number of ether oxygens (including phenoxy) is 1. The lowest BCUT2D eigenvalue weighted by Gasteiger charge is -2.25. The molecule has 0 amide bonds. The van der Waals surface area contributed by atoms with Crippen LogP contribution in [0.25, 0.3) is 10.8 Å². The van der Waals surface area contributed by atoms with Crippen LogP contribution >= 0.6 is 0 Å². The van der Waals surface area contributed by atoms with Crippen molar-refractivity contribution in [3.8, 4) is 5.75 Å². The van der Waals surface area contributed by atoms with Gasteiger partial charge < -0.3 is 9.64 Å². The van der Waals surface area contributed by atoms with E-state index in [0.717, 1.165) is 37.0 Å². The Kier molecular flexibility index (Phi) is 9.45. The summed E-state index contributed by atoms with van der Waals surface area (Å²) in [5.74, 6) is 0.913. The molecule has 0 unspecified atom stereocenters. The van der Waals surface area contributed by atoms with Crippen LogP contribution in [0.3, 0.4) is 0 Å². The maximum atomic E-state index is 10.5. The predicted octanol–water partition coefficient (Wildman–Crippen LogP) is 6.77. The molecule has 1 N–H and O–H groups in total. The number of anilines is 1. The van der Waals surface area contributed by atoms with E-state index >= 15 is 0 Å². The molecule has 5 aromatic carbocycles. The van der Waals surface area contributed by atoms with Crippen LogP contribution in [0, 0.1) is 10.1 Å². The highest BCUT2D eigenvalue weighted by Gasteiger charge is 2.14. The molecule has 0 heterocycles. The normalized spacial score (nSPS) is 10.8. The number of nitro benzene ring substituents is 1. The van der Waals surface area contributed by atoms with Crippen molar-refractivity contribution < 1.29 is 22.6 Å². The fourth-order valence-electron chi connectivity index (χ4n) is 4.02. The Morgan fingerprint density at radius 2 is 1.40 bits per heavy atom. The second-order valence-corrected chi connectivity index (χ2v) is 10.3. The molecule has 0 radical (unpaired) electrons. The summed E-state index contributed by atoms with van der Waals surface area (Å²) >= 11 is 0. The molecule has 204 valence electrons. The van der Waals surface area contributed by atoms with E-state index in [4.69, 9.17) is 9.29 Å². The van der Waals surface area contributed by atoms with Crippen LogP contribution in [0.2, 0.25) is 0 Å². The van der Waals surface area contributed by atoms with Crippen LogP contribution < -0.4 is 9.64 Å². The Balaban J connectivity index is 0.000000240. The van der Waals surface area contributed by atoms with E-state index < -0.39 is 19.9 Å². The number of fused-ring (bicyclic) bond motifs is 1. The highest BCUT2D eigenvalue weighted by molar-refractivity contribution is 7.85. The number of para-hydroxylation sites is 1. The van der Waals surface area contributed by atoms with Gasteiger partial charge in [-0.25, -0.2) is 0 Å². The molecule has 5 rings (SSSR count). The molecule has 0 fully saturated rings. The summed E-state index contributed by atoms with van der Waals surface area (Å²) in [6.45, 7) is 2.32. The smallest absolute Gasteiger partial charge is 0.294 e. The number of non-ortho nitro benzene ring substituents is 1. The largest absolute Gasteiger partial charge is 0.492 e. The minimum atomic E-state index is -4.36. The van der Waals surface area contributed by atoms with Gasteiger partial charge in [0.2, 0.25) is 0 Å². The van der Waals surface area contributed by atoms with Crippen LogP contribution in [-0.2, 0) is 16.7 Å². The van der Waals surface area contributed by atoms with Gasteiger partial charge in [0, 0.05) is 24.4 Å². The Morgan fingerprint density at radius 1 is 0.750 bits per heavy atom. The third kappa shape index (κ3) is 8.13. The van der Waals surface area contributed by atoms with Crippen LogP contribution in [0.5, 0.6) is 5.75 Å². The maximum Gasteiger partial charge on any atom is 0.294 e. The Labute approximate surface area is 233 Å². The highest BCUT2D eigenvalue weighted by Crippen LogP contribution is 2.24. The summed E-state index contributed by atoms with van der Waals surface area (Å²) in [6.07, 6.45) is 0. The first-order valence-electron chi connectivity index (χ1n) is 12.5. The van der Waals surface area contributed by atoms with Gasteiger partial charge >= 0.3 is 0 Å². The molecule has 8 nitrogen and oxygen atoms in total. The molecular weight excluding hydrogens is 528 g/mol. The summed E-state index contributed by atoms with van der Waals surface area (Å²) in [4.78, 5) is 11.4. The van der Waals surface area contributed by atoms with E-state index in [1.807, 2.05) is 30.3 Å². The predicted molar refractivity (Wildman–Crippen MR) is 156 cm³/mol. The lowest BCUT2D eigenvalue weighted by molar-refractivity contribution is -0.385. The van der Waals surface area contributed by atoms with E-state index in [1.54, 1.807) is 0 Å². The van der Waals surface area contributed by atoms with Crippen molar-refractivity contribution >= 4 is 32.3 Å². The quantitative estimate of drug-likeness (QED) is 0.121. The number of hydrogen-bond donors (Lipinski definition) is 1. The standard InChI is InChI=1S/C25H23NO.C6H5NO5S/c1-3-9-21(10-4-1)20-26(17-18-27-25-13-5-2-6-14-25)24-16-15-22-11-7-8-12-23(22)19-24;8-7(9)5-2-1-3-6(4-5)13(10,11)12/h1-16,19H,17-18,20H2;1-4H,(H,10,11,12). The minimum Gasteiger partial charge on any atom is -0.492 e. The van der Waals surface area contributed by atoms with Crippen LogP contribution in [0.1, 0.15) is 5.56 Å². The van der Waals surface area contributed by atoms with Gasteiger partial charge in [0.05, 0.1) is 11.5 Å². The van der Waals surface area contributed by atoms with E-state index in [-0.39, 0.29) is 5.69 Å². The van der Waals surface area contributed by atoms with E-state index in [0.29, 0.717) is 6.61 Å². The van der Waals surface area contributed by atoms with Gasteiger partial charge in [-0.15, -0.1) is 0 Å². The van der Waals surface area contributed by atoms with Crippen molar-refractivity contribution in [2.45, 2.75) is 11.4 Å². The first kappa shape index (κ1) is 28.3. The number of benzene rings is 5. The summed E-state index contributed by atoms with van der Waals surface area (Å²) in [6, 6.07) is 39.9. The molecule has 0 saturated heterocycles. The van der Waals surface area contributed by atoms with E-state index in [9.17, 15) is 18.5 Å². The molecule has 40 heavy (non-hydrogen) atoms. The lowest BCUT2D eigenvalue weighted by atomic mass is 10.1. The second-order valence-electron chi connectivity index (χ2n) is 8.83. The van der Waals surface area contributed by atoms with Gasteiger partial charge in [-0.1, -0.05) is 84.9 Å². The third-order valence-electron chi connectivity index (χ3n) is 6.01. The Hall–Kier alpha value is -4.73. The van der Waals surface area contributed by atoms with Crippen molar-refractivity contribution in [1.82, 2.24) is 0 Å². The first-order valence-corrected chi connectivity index (χ1v) is 13.9. The molecule has 0 aliphatic carbocycles. The third-order valence-corrected chi connectivity index (χ3v) is 6.86. The summed E-state index contributed by atoms with van der Waals surface area (Å²) < 4.78 is 35.6. The molecule has 0 aromatic heterocycles. The summed E-state index contributed by atoms with van der Waals surface area (Å²) in [5, 5.41) is 12.7. The van der Waals surface area contributed by atoms with E-state index in [2.05, 4.69) is 77.7 Å². The van der Waals surface area contributed by atoms with Crippen LogP contribution in [0.4, 0.5) is 11.4 Å². The van der Waals surface area contributed by atoms with Gasteiger partial charge in [-0.05, 0) is 46.7 Å². The average molecular weight is 557 g/mol. The SMILES string of the molecule is O=[N+]([O-])c1cccc(S(=O)(=O)O)c1.c1ccc(CN(CCOc2ccccc2)c2ccc3ccccc3c2)cc1. The number of nitrogens with zero attached hydrogens (tertiary/aromatic N) is 2. The second kappa shape index (κ2) is 13.4. The van der Waals surface area contributed by atoms with Gasteiger partial charge in [0.15, 0.2) is 0 Å². The zero-order valence-corrected chi connectivity index (χ0v) is 22.4. The first-order chi connectivity index (χ1) is 19.3. The van der Waals surface area contributed by atoms with Crippen molar-refractivity contribution in [3.63, 3.8) is 0 Å². The van der Waals surface area contributed by atoms with E-state index in [1.165, 1.54) is 28.1 Å². The Bertz CT molecular complexity index is 1660. The fourth-order valence-corrected chi connectivity index (χ4v) is 4.54. The Morgan fingerprint density at radius 3 is 2.08 bits per heavy atom. The van der Waals surface area contributed by atoms with Crippen LogP contribution in [0.15, 0.2) is 132 Å². The monoisotopic (exact) mass is 556 g/mol. The molecule has 0 bridgehead atoms. The minimum absolute atomic E-state index is 0.380. The van der Waals surface area contributed by atoms with Crippen molar-refractivity contribution in [1.29, 1.82) is 0 Å².